The van der Waals surface area contributed by atoms with Gasteiger partial charge in [-0.15, -0.1) is 11.3 Å². The highest BCUT2D eigenvalue weighted by Crippen LogP contribution is 2.29. The van der Waals surface area contributed by atoms with Crippen molar-refractivity contribution in [1.82, 2.24) is 20.3 Å². The molecule has 0 amide bonds. The number of hydrogen-bond donors (Lipinski definition) is 3. The molecule has 1 aliphatic heterocycles. The van der Waals surface area contributed by atoms with Crippen molar-refractivity contribution in [1.29, 1.82) is 0 Å². The van der Waals surface area contributed by atoms with Crippen LogP contribution in [-0.4, -0.2) is 64.1 Å². The Bertz CT molecular complexity index is 678. The van der Waals surface area contributed by atoms with Crippen molar-refractivity contribution in [3.05, 3.63) is 17.5 Å². The van der Waals surface area contributed by atoms with Crippen molar-refractivity contribution in [3.8, 4) is 0 Å². The number of piperidine rings is 1. The Kier molecular flexibility index (Phi) is 6.91. The predicted molar refractivity (Wildman–Crippen MR) is 106 cm³/mol. The molecule has 1 aromatic heterocycles. The number of nitrogens with zero attached hydrogens (tertiary/aromatic N) is 2. The summed E-state index contributed by atoms with van der Waals surface area (Å²) in [4.78, 5) is 7.11. The van der Waals surface area contributed by atoms with E-state index in [4.69, 9.17) is 0 Å². The number of sulfonamides is 1. The molecule has 1 saturated heterocycles. The van der Waals surface area contributed by atoms with Gasteiger partial charge in [0.15, 0.2) is 5.96 Å². The molecule has 2 heterocycles. The summed E-state index contributed by atoms with van der Waals surface area (Å²) in [6.07, 6.45) is 4.99. The normalized spacial score (nSPS) is 20.3. The Labute approximate surface area is 160 Å². The van der Waals surface area contributed by atoms with E-state index >= 15 is 0 Å². The van der Waals surface area contributed by atoms with Crippen LogP contribution in [0.4, 0.5) is 0 Å². The molecule has 3 N–H and O–H groups in total. The molecule has 9 heteroatoms. The average Bonchev–Trinajstić information content (AvgIpc) is 3.32. The molecule has 2 aliphatic rings. The van der Waals surface area contributed by atoms with E-state index < -0.39 is 10.0 Å². The lowest BCUT2D eigenvalue weighted by molar-refractivity contribution is 0.197. The zero-order valence-electron chi connectivity index (χ0n) is 15.3. The quantitative estimate of drug-likeness (QED) is 0.348. The fourth-order valence-corrected chi connectivity index (χ4v) is 5.26. The first kappa shape index (κ1) is 19.6. The van der Waals surface area contributed by atoms with E-state index in [1.807, 2.05) is 6.92 Å². The first-order valence-electron chi connectivity index (χ1n) is 9.40. The molecule has 1 aliphatic carbocycles. The maximum Gasteiger partial charge on any atom is 0.250 e. The second-order valence-electron chi connectivity index (χ2n) is 6.78. The Morgan fingerprint density at radius 1 is 1.31 bits per heavy atom. The van der Waals surface area contributed by atoms with E-state index in [-0.39, 0.29) is 6.54 Å². The van der Waals surface area contributed by atoms with Gasteiger partial charge in [-0.2, -0.15) is 0 Å². The maximum absolute atomic E-state index is 12.1. The average molecular weight is 400 g/mol. The van der Waals surface area contributed by atoms with Gasteiger partial charge in [0.25, 0.3) is 0 Å². The van der Waals surface area contributed by atoms with Crippen molar-refractivity contribution in [2.45, 2.75) is 48.9 Å². The third-order valence-corrected chi connectivity index (χ3v) is 7.57. The molecular formula is C17H29N5O2S2. The summed E-state index contributed by atoms with van der Waals surface area (Å²) >= 11 is 1.22. The van der Waals surface area contributed by atoms with Crippen LogP contribution in [0.25, 0.3) is 0 Å². The van der Waals surface area contributed by atoms with E-state index in [2.05, 4.69) is 25.2 Å². The number of likely N-dealkylation sites (tertiary alicyclic amines) is 1. The van der Waals surface area contributed by atoms with Crippen LogP contribution < -0.4 is 15.4 Å². The predicted octanol–water partition coefficient (Wildman–Crippen LogP) is 1.21. The summed E-state index contributed by atoms with van der Waals surface area (Å²) in [5.74, 6) is 0.771. The molecule has 1 aromatic rings. The molecule has 146 valence electrons. The lowest BCUT2D eigenvalue weighted by Gasteiger charge is -2.33. The van der Waals surface area contributed by atoms with Crippen LogP contribution in [0.1, 0.15) is 32.6 Å². The van der Waals surface area contributed by atoms with Gasteiger partial charge in [0.05, 0.1) is 6.54 Å². The number of thiophene rings is 1. The molecule has 26 heavy (non-hydrogen) atoms. The van der Waals surface area contributed by atoms with Crippen LogP contribution >= 0.6 is 11.3 Å². The smallest absolute Gasteiger partial charge is 0.250 e. The third kappa shape index (κ3) is 5.67. The van der Waals surface area contributed by atoms with Gasteiger partial charge in [-0.25, -0.2) is 13.1 Å². The minimum atomic E-state index is -3.41. The van der Waals surface area contributed by atoms with Gasteiger partial charge in [0.2, 0.25) is 10.0 Å². The number of aliphatic imine (C=N–C) groups is 1. The molecule has 2 fully saturated rings. The van der Waals surface area contributed by atoms with Gasteiger partial charge in [0.1, 0.15) is 4.21 Å². The Morgan fingerprint density at radius 3 is 2.69 bits per heavy atom. The fraction of sp³-hybridized carbons (Fsp3) is 0.706. The minimum Gasteiger partial charge on any atom is -0.357 e. The van der Waals surface area contributed by atoms with Gasteiger partial charge < -0.3 is 15.5 Å². The summed E-state index contributed by atoms with van der Waals surface area (Å²) < 4.78 is 27.1. The van der Waals surface area contributed by atoms with Crippen LogP contribution in [0, 0.1) is 0 Å². The van der Waals surface area contributed by atoms with Crippen molar-refractivity contribution >= 4 is 27.3 Å². The van der Waals surface area contributed by atoms with E-state index in [0.29, 0.717) is 16.8 Å². The number of hydrogen-bond acceptors (Lipinski definition) is 5. The van der Waals surface area contributed by atoms with Crippen molar-refractivity contribution in [2.24, 2.45) is 4.99 Å². The summed E-state index contributed by atoms with van der Waals surface area (Å²) in [6, 6.07) is 4.62. The summed E-state index contributed by atoms with van der Waals surface area (Å²) in [6.45, 7) is 5.82. The molecule has 7 nitrogen and oxygen atoms in total. The van der Waals surface area contributed by atoms with Gasteiger partial charge in [-0.05, 0) is 44.1 Å². The Balaban J connectivity index is 1.43. The summed E-state index contributed by atoms with van der Waals surface area (Å²) in [5, 5.41) is 8.51. The van der Waals surface area contributed by atoms with Gasteiger partial charge in [-0.3, -0.25) is 4.99 Å². The zero-order chi connectivity index (χ0) is 18.4. The number of rotatable bonds is 8. The first-order chi connectivity index (χ1) is 12.6. The molecule has 0 bridgehead atoms. The Morgan fingerprint density at radius 2 is 2.08 bits per heavy atom. The largest absolute Gasteiger partial charge is 0.357 e. The highest BCUT2D eigenvalue weighted by Gasteiger charge is 2.31. The van der Waals surface area contributed by atoms with E-state index in [1.54, 1.807) is 17.5 Å². The molecular weight excluding hydrogens is 370 g/mol. The number of guanidine groups is 1. The second-order valence-corrected chi connectivity index (χ2v) is 9.72. The van der Waals surface area contributed by atoms with E-state index in [9.17, 15) is 8.42 Å². The van der Waals surface area contributed by atoms with Crippen LogP contribution in [0.2, 0.25) is 0 Å². The van der Waals surface area contributed by atoms with Crippen LogP contribution in [-0.2, 0) is 10.0 Å². The van der Waals surface area contributed by atoms with Crippen molar-refractivity contribution in [3.63, 3.8) is 0 Å². The molecule has 3 rings (SSSR count). The maximum atomic E-state index is 12.1. The lowest BCUT2D eigenvalue weighted by Crippen LogP contribution is -2.49. The molecule has 0 unspecified atom stereocenters. The van der Waals surface area contributed by atoms with Crippen LogP contribution in [0.15, 0.2) is 26.7 Å². The molecule has 1 saturated carbocycles. The topological polar surface area (TPSA) is 85.8 Å². The van der Waals surface area contributed by atoms with E-state index in [0.717, 1.165) is 44.5 Å². The van der Waals surface area contributed by atoms with Crippen LogP contribution in [0.5, 0.6) is 0 Å². The van der Waals surface area contributed by atoms with Crippen molar-refractivity contribution in [2.75, 3.05) is 32.7 Å². The highest BCUT2D eigenvalue weighted by molar-refractivity contribution is 7.91. The van der Waals surface area contributed by atoms with Gasteiger partial charge in [-0.1, -0.05) is 6.07 Å². The molecule has 0 spiro atoms. The summed E-state index contributed by atoms with van der Waals surface area (Å²) in [5.41, 5.74) is 0. The van der Waals surface area contributed by atoms with Crippen molar-refractivity contribution < 1.29 is 8.42 Å². The first-order valence-corrected chi connectivity index (χ1v) is 11.8. The Hall–Kier alpha value is -1.16. The SMILES string of the molecule is CCNC(=NCCNS(=O)(=O)c1cccs1)NC1CCN(C2CC2)CC1. The molecule has 0 aromatic carbocycles. The number of nitrogens with one attached hydrogen (secondary N) is 3. The highest BCUT2D eigenvalue weighted by atomic mass is 32.2. The van der Waals surface area contributed by atoms with Gasteiger partial charge in [0, 0.05) is 38.3 Å². The second kappa shape index (κ2) is 9.16. The van der Waals surface area contributed by atoms with Crippen LogP contribution in [0.3, 0.4) is 0 Å². The zero-order valence-corrected chi connectivity index (χ0v) is 16.9. The fourth-order valence-electron chi connectivity index (χ4n) is 3.20. The molecule has 0 radical (unpaired) electrons. The molecule has 0 atom stereocenters. The van der Waals surface area contributed by atoms with Gasteiger partial charge >= 0.3 is 0 Å². The summed E-state index contributed by atoms with van der Waals surface area (Å²) in [7, 11) is -3.41. The minimum absolute atomic E-state index is 0.289. The lowest BCUT2D eigenvalue weighted by atomic mass is 10.1. The standard InChI is InChI=1S/C17H29N5O2S2/c1-2-18-17(21-14-7-11-22(12-8-14)15-5-6-15)19-9-10-20-26(23,24)16-4-3-13-25-16/h3-4,13-15,20H,2,5-12H2,1H3,(H2,18,19,21). The monoisotopic (exact) mass is 399 g/mol. The third-order valence-electron chi connectivity index (χ3n) is 4.71. The van der Waals surface area contributed by atoms with E-state index in [1.165, 1.54) is 24.2 Å².